The Kier molecular flexibility index (Phi) is 8.92. The van der Waals surface area contributed by atoms with Crippen LogP contribution >= 0.6 is 39.9 Å². The van der Waals surface area contributed by atoms with Gasteiger partial charge in [0.2, 0.25) is 0 Å². The molecule has 0 atom stereocenters. The molecule has 0 amide bonds. The Hall–Kier alpha value is -1.09. The highest BCUT2D eigenvalue weighted by atomic mass is 127. The van der Waals surface area contributed by atoms with E-state index in [1.54, 1.807) is 0 Å². The van der Waals surface area contributed by atoms with Crippen molar-refractivity contribution in [1.82, 2.24) is 15.8 Å². The smallest absolute Gasteiger partial charge is 0.191 e. The summed E-state index contributed by atoms with van der Waals surface area (Å²) in [7, 11) is 0. The molecule has 7 heteroatoms. The van der Waals surface area contributed by atoms with Crippen molar-refractivity contribution in [3.8, 4) is 0 Å². The third-order valence-corrected chi connectivity index (χ3v) is 4.47. The predicted octanol–water partition coefficient (Wildman–Crippen LogP) is 4.54. The van der Waals surface area contributed by atoms with E-state index in [0.717, 1.165) is 40.5 Å². The van der Waals surface area contributed by atoms with Gasteiger partial charge in [-0.05, 0) is 63.4 Å². The summed E-state index contributed by atoms with van der Waals surface area (Å²) in [5.41, 5.74) is 5.75. The van der Waals surface area contributed by atoms with Crippen molar-refractivity contribution < 1.29 is 4.52 Å². The molecule has 0 unspecified atom stereocenters. The Morgan fingerprint density at radius 3 is 2.28 bits per heavy atom. The molecule has 0 saturated heterocycles. The molecule has 1 aromatic carbocycles. The van der Waals surface area contributed by atoms with Gasteiger partial charge in [-0.1, -0.05) is 21.1 Å². The molecule has 0 fully saturated rings. The number of benzene rings is 1. The number of hydrogen-bond acceptors (Lipinski definition) is 3. The summed E-state index contributed by atoms with van der Waals surface area (Å²) in [6, 6.07) is 4.27. The molecular weight excluding hydrogens is 495 g/mol. The molecule has 1 heterocycles. The van der Waals surface area contributed by atoms with Crippen LogP contribution in [-0.4, -0.2) is 17.7 Å². The molecule has 5 nitrogen and oxygen atoms in total. The average molecular weight is 521 g/mol. The highest BCUT2D eigenvalue weighted by Crippen LogP contribution is 2.20. The van der Waals surface area contributed by atoms with Crippen molar-refractivity contribution in [1.29, 1.82) is 0 Å². The molecule has 0 spiro atoms. The molecule has 0 aliphatic rings. The fraction of sp³-hybridized carbons (Fsp3) is 0.444. The maximum Gasteiger partial charge on any atom is 0.191 e. The average Bonchev–Trinajstić information content (AvgIpc) is 2.82. The standard InChI is InChI=1S/C18H25BrN4O.HI/c1-6-20-18(22-10-17-13(4)23-24-14(17)5)21-9-16-11(2)7-15(19)8-12(16)3;/h7-8H,6,9-10H2,1-5H3,(H2,20,21,22);1H. The fourth-order valence-corrected chi connectivity index (χ4v) is 3.31. The summed E-state index contributed by atoms with van der Waals surface area (Å²) in [5, 5.41) is 10.7. The Morgan fingerprint density at radius 2 is 1.76 bits per heavy atom. The van der Waals surface area contributed by atoms with E-state index in [-0.39, 0.29) is 24.0 Å². The van der Waals surface area contributed by atoms with Crippen LogP contribution in [0.25, 0.3) is 0 Å². The Bertz CT molecular complexity index is 700. The van der Waals surface area contributed by atoms with Gasteiger partial charge in [-0.2, -0.15) is 0 Å². The molecule has 2 rings (SSSR count). The van der Waals surface area contributed by atoms with Crippen LogP contribution in [0, 0.1) is 27.7 Å². The zero-order valence-electron chi connectivity index (χ0n) is 15.4. The second kappa shape index (κ2) is 10.2. The van der Waals surface area contributed by atoms with Crippen LogP contribution < -0.4 is 10.6 Å². The second-order valence-electron chi connectivity index (χ2n) is 5.87. The molecule has 0 aliphatic carbocycles. The number of guanidine groups is 1. The van der Waals surface area contributed by atoms with Crippen LogP contribution in [0.5, 0.6) is 0 Å². The van der Waals surface area contributed by atoms with Crippen LogP contribution in [0.2, 0.25) is 0 Å². The topological polar surface area (TPSA) is 62.5 Å². The van der Waals surface area contributed by atoms with E-state index in [0.29, 0.717) is 6.54 Å². The lowest BCUT2D eigenvalue weighted by Gasteiger charge is -2.15. The van der Waals surface area contributed by atoms with Gasteiger partial charge in [0.05, 0.1) is 12.2 Å². The quantitative estimate of drug-likeness (QED) is 0.345. The normalized spacial score (nSPS) is 11.2. The van der Waals surface area contributed by atoms with Crippen LogP contribution in [0.4, 0.5) is 0 Å². The van der Waals surface area contributed by atoms with E-state index in [1.807, 2.05) is 13.8 Å². The van der Waals surface area contributed by atoms with Crippen molar-refractivity contribution in [2.75, 3.05) is 6.54 Å². The molecule has 0 bridgehead atoms. The summed E-state index contributed by atoms with van der Waals surface area (Å²) < 4.78 is 6.31. The second-order valence-corrected chi connectivity index (χ2v) is 6.79. The van der Waals surface area contributed by atoms with Crippen LogP contribution in [0.3, 0.4) is 0 Å². The Balaban J connectivity index is 0.00000312. The van der Waals surface area contributed by atoms with E-state index >= 15 is 0 Å². The lowest BCUT2D eigenvalue weighted by molar-refractivity contribution is 0.392. The predicted molar refractivity (Wildman–Crippen MR) is 117 cm³/mol. The van der Waals surface area contributed by atoms with Gasteiger partial charge in [-0.25, -0.2) is 4.99 Å². The van der Waals surface area contributed by atoms with E-state index in [2.05, 4.69) is 69.6 Å². The molecule has 25 heavy (non-hydrogen) atoms. The fourth-order valence-electron chi connectivity index (χ4n) is 2.62. The SMILES string of the molecule is CCNC(=NCc1c(C)noc1C)NCc1c(C)cc(Br)cc1C.I. The lowest BCUT2D eigenvalue weighted by atomic mass is 10.0. The number of halogens is 2. The number of rotatable bonds is 5. The number of hydrogen-bond donors (Lipinski definition) is 2. The number of aryl methyl sites for hydroxylation is 4. The highest BCUT2D eigenvalue weighted by Gasteiger charge is 2.09. The van der Waals surface area contributed by atoms with Gasteiger partial charge in [0.1, 0.15) is 5.76 Å². The number of nitrogens with one attached hydrogen (secondary N) is 2. The lowest BCUT2D eigenvalue weighted by Crippen LogP contribution is -2.37. The zero-order chi connectivity index (χ0) is 17.7. The summed E-state index contributed by atoms with van der Waals surface area (Å²) in [5.74, 6) is 1.62. The largest absolute Gasteiger partial charge is 0.361 e. The zero-order valence-corrected chi connectivity index (χ0v) is 19.3. The number of aromatic nitrogens is 1. The van der Waals surface area contributed by atoms with Crippen molar-refractivity contribution in [3.63, 3.8) is 0 Å². The maximum absolute atomic E-state index is 5.19. The summed E-state index contributed by atoms with van der Waals surface area (Å²) in [6.07, 6.45) is 0. The molecule has 0 saturated carbocycles. The molecule has 2 aromatic rings. The minimum atomic E-state index is 0. The Morgan fingerprint density at radius 1 is 1.12 bits per heavy atom. The third kappa shape index (κ3) is 5.99. The monoisotopic (exact) mass is 520 g/mol. The van der Waals surface area contributed by atoms with Crippen LogP contribution in [0.1, 0.15) is 40.6 Å². The van der Waals surface area contributed by atoms with Crippen molar-refractivity contribution in [3.05, 3.63) is 50.3 Å². The number of aliphatic imine (C=N–C) groups is 1. The van der Waals surface area contributed by atoms with Gasteiger partial charge in [-0.15, -0.1) is 24.0 Å². The van der Waals surface area contributed by atoms with Gasteiger partial charge >= 0.3 is 0 Å². The van der Waals surface area contributed by atoms with Gasteiger partial charge in [0, 0.05) is 23.1 Å². The van der Waals surface area contributed by atoms with Crippen molar-refractivity contribution >= 4 is 45.9 Å². The van der Waals surface area contributed by atoms with E-state index in [9.17, 15) is 0 Å². The summed E-state index contributed by atoms with van der Waals surface area (Å²) in [6.45, 7) is 12.3. The van der Waals surface area contributed by atoms with Crippen molar-refractivity contribution in [2.45, 2.75) is 47.7 Å². The Labute approximate surface area is 175 Å². The molecule has 2 N–H and O–H groups in total. The molecule has 0 aliphatic heterocycles. The minimum Gasteiger partial charge on any atom is -0.361 e. The van der Waals surface area contributed by atoms with E-state index < -0.39 is 0 Å². The first-order chi connectivity index (χ1) is 11.4. The highest BCUT2D eigenvalue weighted by molar-refractivity contribution is 14.0. The van der Waals surface area contributed by atoms with Gasteiger partial charge in [-0.3, -0.25) is 0 Å². The molecular formula is C18H26BrIN4O. The first kappa shape index (κ1) is 22.0. The van der Waals surface area contributed by atoms with E-state index in [4.69, 9.17) is 4.52 Å². The van der Waals surface area contributed by atoms with Gasteiger partial charge < -0.3 is 15.2 Å². The summed E-state index contributed by atoms with van der Waals surface area (Å²) in [4.78, 5) is 4.65. The summed E-state index contributed by atoms with van der Waals surface area (Å²) >= 11 is 3.54. The molecule has 138 valence electrons. The van der Waals surface area contributed by atoms with E-state index in [1.165, 1.54) is 16.7 Å². The first-order valence-electron chi connectivity index (χ1n) is 8.12. The molecule has 0 radical (unpaired) electrons. The molecule has 1 aromatic heterocycles. The van der Waals surface area contributed by atoms with Crippen LogP contribution in [0.15, 0.2) is 26.1 Å². The minimum absolute atomic E-state index is 0. The van der Waals surface area contributed by atoms with Crippen molar-refractivity contribution in [2.24, 2.45) is 4.99 Å². The van der Waals surface area contributed by atoms with Gasteiger partial charge in [0.25, 0.3) is 0 Å². The third-order valence-electron chi connectivity index (χ3n) is 4.01. The van der Waals surface area contributed by atoms with Crippen LogP contribution in [-0.2, 0) is 13.1 Å². The maximum atomic E-state index is 5.19. The number of nitrogens with zero attached hydrogens (tertiary/aromatic N) is 2. The first-order valence-corrected chi connectivity index (χ1v) is 8.91. The van der Waals surface area contributed by atoms with Gasteiger partial charge in [0.15, 0.2) is 5.96 Å².